The van der Waals surface area contributed by atoms with Crippen LogP contribution in [0.2, 0.25) is 0 Å². The number of rotatable bonds is 16. The van der Waals surface area contributed by atoms with Gasteiger partial charge in [-0.25, -0.2) is 0 Å². The molecule has 0 aliphatic carbocycles. The van der Waals surface area contributed by atoms with E-state index in [1.54, 1.807) is 0 Å². The molecule has 0 rings (SSSR count). The molecule has 250 valence electrons. The van der Waals surface area contributed by atoms with Crippen molar-refractivity contribution < 1.29 is 98.1 Å². The molecule has 0 radical (unpaired) electrons. The van der Waals surface area contributed by atoms with Crippen molar-refractivity contribution in [2.45, 2.75) is 73.2 Å². The van der Waals surface area contributed by atoms with Crippen LogP contribution in [0.15, 0.2) is 0 Å². The molecule has 0 aliphatic rings. The minimum Gasteiger partial charge on any atom is -0.465 e. The van der Waals surface area contributed by atoms with E-state index in [9.17, 15) is 88.6 Å². The molecule has 0 saturated heterocycles. The van der Waals surface area contributed by atoms with Crippen LogP contribution in [0.3, 0.4) is 0 Å². The molecule has 0 aromatic heterocycles. The Hall–Kier alpha value is -2.40. The third-order valence-electron chi connectivity index (χ3n) is 4.95. The van der Waals surface area contributed by atoms with Crippen LogP contribution >= 0.6 is 0 Å². The predicted molar refractivity (Wildman–Crippen MR) is 98.4 cm³/mol. The van der Waals surface area contributed by atoms with Gasteiger partial charge in [-0.15, -0.1) is 0 Å². The summed E-state index contributed by atoms with van der Waals surface area (Å²) < 4.78 is 239. The minimum atomic E-state index is -7.24. The smallest absolute Gasteiger partial charge is 0.460 e. The van der Waals surface area contributed by atoms with Gasteiger partial charge in [0, 0.05) is 13.1 Å². The first-order chi connectivity index (χ1) is 18.4. The number of nitrogens with one attached hydrogen (secondary N) is 1. The van der Waals surface area contributed by atoms with Gasteiger partial charge in [-0.2, -0.15) is 79.0 Å². The highest BCUT2D eigenvalue weighted by Gasteiger charge is 2.82. The van der Waals surface area contributed by atoms with Crippen LogP contribution in [0.4, 0.5) is 79.0 Å². The van der Waals surface area contributed by atoms with Crippen LogP contribution < -0.4 is 11.1 Å². The highest BCUT2D eigenvalue weighted by atomic mass is 19.4. The lowest BCUT2D eigenvalue weighted by atomic mass is 10.0. The SMILES string of the molecule is NCCNC(CC(=O)OCCC(F)(F)C(F)(F)C(F)(F)C(F)(F)F)C(=O)OCCC(F)(F)C(F)(F)C(F)(F)C(F)(F)F. The van der Waals surface area contributed by atoms with Crippen molar-refractivity contribution in [1.29, 1.82) is 0 Å². The third-order valence-corrected chi connectivity index (χ3v) is 4.95. The molecule has 6 nitrogen and oxygen atoms in total. The summed E-state index contributed by atoms with van der Waals surface area (Å²) in [4.78, 5) is 23.7. The molecule has 0 fully saturated rings. The van der Waals surface area contributed by atoms with E-state index in [4.69, 9.17) is 5.73 Å². The Balaban J connectivity index is 5.32. The van der Waals surface area contributed by atoms with Gasteiger partial charge in [-0.05, 0) is 0 Å². The lowest BCUT2D eigenvalue weighted by Crippen LogP contribution is -2.61. The zero-order valence-electron chi connectivity index (χ0n) is 20.0. The van der Waals surface area contributed by atoms with Crippen molar-refractivity contribution in [1.82, 2.24) is 5.32 Å². The van der Waals surface area contributed by atoms with Gasteiger partial charge < -0.3 is 20.5 Å². The molecule has 42 heavy (non-hydrogen) atoms. The predicted octanol–water partition coefficient (Wildman–Crippen LogP) is 5.10. The summed E-state index contributed by atoms with van der Waals surface area (Å²) in [6, 6.07) is -2.15. The van der Waals surface area contributed by atoms with Crippen LogP contribution in [0, 0.1) is 0 Å². The summed E-state index contributed by atoms with van der Waals surface area (Å²) in [5, 5.41) is 1.99. The van der Waals surface area contributed by atoms with Gasteiger partial charge in [-0.1, -0.05) is 0 Å². The highest BCUT2D eigenvalue weighted by Crippen LogP contribution is 2.55. The molecule has 1 unspecified atom stereocenters. The van der Waals surface area contributed by atoms with Gasteiger partial charge in [0.25, 0.3) is 0 Å². The molecule has 0 aromatic rings. The Morgan fingerprint density at radius 2 is 0.952 bits per heavy atom. The van der Waals surface area contributed by atoms with Crippen LogP contribution in [0.1, 0.15) is 19.3 Å². The number of halogens is 18. The number of esters is 2. The number of carbonyl (C=O) groups excluding carboxylic acids is 2. The fourth-order valence-corrected chi connectivity index (χ4v) is 2.52. The summed E-state index contributed by atoms with van der Waals surface area (Å²) in [6.07, 6.45) is -21.0. The first-order valence-electron chi connectivity index (χ1n) is 10.6. The minimum absolute atomic E-state index is 0.398. The monoisotopic (exact) mass is 668 g/mol. The molecule has 24 heteroatoms. The molecule has 3 N–H and O–H groups in total. The largest absolute Gasteiger partial charge is 0.465 e. The molecule has 0 aromatic carbocycles. The van der Waals surface area contributed by atoms with E-state index in [2.05, 4.69) is 9.47 Å². The van der Waals surface area contributed by atoms with Gasteiger partial charge in [-0.3, -0.25) is 9.59 Å². The van der Waals surface area contributed by atoms with E-state index in [0.29, 0.717) is 0 Å². The van der Waals surface area contributed by atoms with Gasteiger partial charge in [0.15, 0.2) is 0 Å². The van der Waals surface area contributed by atoms with Crippen molar-refractivity contribution >= 4 is 11.9 Å². The fraction of sp³-hybridized carbons (Fsp3) is 0.889. The third kappa shape index (κ3) is 8.36. The van der Waals surface area contributed by atoms with Crippen LogP contribution in [0.25, 0.3) is 0 Å². The molecular weight excluding hydrogens is 650 g/mol. The summed E-state index contributed by atoms with van der Waals surface area (Å²) in [5.41, 5.74) is 5.05. The van der Waals surface area contributed by atoms with Crippen molar-refractivity contribution in [2.75, 3.05) is 26.3 Å². The molecule has 1 atom stereocenters. The molecule has 0 amide bonds. The normalized spacial score (nSPS) is 15.4. The van der Waals surface area contributed by atoms with E-state index in [1.165, 1.54) is 0 Å². The number of alkyl halides is 18. The highest BCUT2D eigenvalue weighted by molar-refractivity contribution is 5.82. The quantitative estimate of drug-likeness (QED) is 0.176. The van der Waals surface area contributed by atoms with Crippen LogP contribution in [0.5, 0.6) is 0 Å². The Kier molecular flexibility index (Phi) is 12.3. The average molecular weight is 668 g/mol. The van der Waals surface area contributed by atoms with Crippen molar-refractivity contribution in [3.63, 3.8) is 0 Å². The van der Waals surface area contributed by atoms with Crippen molar-refractivity contribution in [2.24, 2.45) is 5.73 Å². The Bertz CT molecular complexity index is 919. The summed E-state index contributed by atoms with van der Waals surface area (Å²) in [6.45, 7) is -4.84. The maximum atomic E-state index is 13.5. The average Bonchev–Trinajstić information content (AvgIpc) is 2.79. The fourth-order valence-electron chi connectivity index (χ4n) is 2.52. The molecule has 0 heterocycles. The standard InChI is InChI=1S/C18H18F18N2O4/c19-11(20,13(23,24)15(27,28)17(31,32)33)1-5-41-9(39)7-8(38-4-3-37)10(40)42-6-2-12(21,22)14(25,26)16(29,30)18(34,35)36/h8,38H,1-7,37H2. The number of hydrogen-bond acceptors (Lipinski definition) is 6. The van der Waals surface area contributed by atoms with E-state index < -0.39 is 111 Å². The Morgan fingerprint density at radius 1 is 0.595 bits per heavy atom. The van der Waals surface area contributed by atoms with E-state index in [0.717, 1.165) is 0 Å². The Morgan fingerprint density at radius 3 is 1.29 bits per heavy atom. The van der Waals surface area contributed by atoms with Crippen molar-refractivity contribution in [3.05, 3.63) is 0 Å². The van der Waals surface area contributed by atoms with Gasteiger partial charge >= 0.3 is 59.8 Å². The van der Waals surface area contributed by atoms with Crippen LogP contribution in [-0.2, 0) is 19.1 Å². The maximum Gasteiger partial charge on any atom is 0.460 e. The lowest BCUT2D eigenvalue weighted by Gasteiger charge is -2.33. The van der Waals surface area contributed by atoms with E-state index >= 15 is 0 Å². The van der Waals surface area contributed by atoms with Gasteiger partial charge in [0.1, 0.15) is 6.04 Å². The lowest BCUT2D eigenvalue weighted by molar-refractivity contribution is -0.397. The van der Waals surface area contributed by atoms with Crippen molar-refractivity contribution in [3.8, 4) is 0 Å². The second-order valence-electron chi connectivity index (χ2n) is 8.09. The second kappa shape index (κ2) is 13.1. The summed E-state index contributed by atoms with van der Waals surface area (Å²) in [7, 11) is 0. The zero-order valence-corrected chi connectivity index (χ0v) is 20.0. The first kappa shape index (κ1) is 39.6. The summed E-state index contributed by atoms with van der Waals surface area (Å²) >= 11 is 0. The van der Waals surface area contributed by atoms with Gasteiger partial charge in [0.2, 0.25) is 0 Å². The second-order valence-corrected chi connectivity index (χ2v) is 8.09. The van der Waals surface area contributed by atoms with E-state index in [1.807, 2.05) is 5.32 Å². The molecule has 0 bridgehead atoms. The molecular formula is C18H18F18N2O4. The topological polar surface area (TPSA) is 90.6 Å². The number of hydrogen-bond donors (Lipinski definition) is 2. The van der Waals surface area contributed by atoms with E-state index in [-0.39, 0.29) is 0 Å². The maximum absolute atomic E-state index is 13.5. The molecule has 0 aliphatic heterocycles. The number of ether oxygens (including phenoxy) is 2. The Labute approximate surface area is 221 Å². The number of carbonyl (C=O) groups is 2. The zero-order chi connectivity index (χ0) is 33.8. The molecule has 0 spiro atoms. The van der Waals surface area contributed by atoms with Gasteiger partial charge in [0.05, 0.1) is 32.5 Å². The first-order valence-corrected chi connectivity index (χ1v) is 10.6. The summed E-state index contributed by atoms with van der Waals surface area (Å²) in [5.74, 6) is -44.7. The number of nitrogens with two attached hydrogens (primary N) is 1. The van der Waals surface area contributed by atoms with Crippen LogP contribution in [-0.4, -0.2) is 92.2 Å². The molecule has 0 saturated carbocycles.